The number of hydrogen-bond acceptors (Lipinski definition) is 11. The van der Waals surface area contributed by atoms with Crippen LogP contribution in [-0.4, -0.2) is 21.9 Å². The molecule has 0 N–H and O–H groups in total. The van der Waals surface area contributed by atoms with Gasteiger partial charge in [0.1, 0.15) is 5.52 Å². The minimum atomic E-state index is -0.979. The molecule has 9 nitrogen and oxygen atoms in total. The van der Waals surface area contributed by atoms with E-state index in [4.69, 9.17) is 28.1 Å². The van der Waals surface area contributed by atoms with Crippen molar-refractivity contribution in [2.24, 2.45) is 0 Å². The molecule has 0 radical (unpaired) electrons. The van der Waals surface area contributed by atoms with Gasteiger partial charge in [0.2, 0.25) is 0 Å². The van der Waals surface area contributed by atoms with Crippen LogP contribution in [0, 0.1) is 35.8 Å². The van der Waals surface area contributed by atoms with E-state index >= 15 is 0 Å². The summed E-state index contributed by atoms with van der Waals surface area (Å²) in [6.07, 6.45) is 26.2. The number of unbranched alkanes of at least 4 members (excludes halogenated alkanes) is 12. The predicted octanol–water partition coefficient (Wildman–Crippen LogP) is 25.9. The lowest BCUT2D eigenvalue weighted by molar-refractivity contribution is 0.103. The number of rotatable bonds is 26. The highest BCUT2D eigenvalue weighted by Crippen LogP contribution is 2.69. The number of fused-ring (bicyclic) bond motifs is 16. The average Bonchev–Trinajstić information content (AvgIpc) is 1.49. The summed E-state index contributed by atoms with van der Waals surface area (Å²) in [6.45, 7) is 25.5. The van der Waals surface area contributed by atoms with Gasteiger partial charge < -0.3 is 0 Å². The topological polar surface area (TPSA) is 129 Å². The van der Waals surface area contributed by atoms with Crippen molar-refractivity contribution >= 4 is 111 Å². The van der Waals surface area contributed by atoms with Crippen LogP contribution in [0.25, 0.3) is 83.7 Å². The Morgan fingerprint density at radius 2 is 0.776 bits per heavy atom. The Bertz CT molecular complexity index is 5710. The number of Topliss-reactive ketones (excluding diaryl/α,β-unsaturated/α-hetero) is 2. The molecule has 0 bridgehead atoms. The number of allylic oxidation sites excluding steroid dienone is 6. The lowest BCUT2D eigenvalue weighted by Gasteiger charge is -2.34. The Labute approximate surface area is 642 Å². The van der Waals surface area contributed by atoms with Crippen molar-refractivity contribution in [3.8, 4) is 31.6 Å². The fraction of sp³-hybridized carbons (Fsp3) is 0.277. The molecule has 7 aromatic carbocycles. The fourth-order valence-electron chi connectivity index (χ4n) is 17.5. The van der Waals surface area contributed by atoms with Crippen molar-refractivity contribution in [1.82, 2.24) is 10.3 Å². The third-order valence-corrected chi connectivity index (χ3v) is 27.6. The summed E-state index contributed by atoms with van der Waals surface area (Å²) in [5.74, 6) is -0.435. The van der Waals surface area contributed by atoms with Crippen LogP contribution >= 0.6 is 45.3 Å². The molecular formula is C94H80N6O3S4. The molecule has 528 valence electrons. The summed E-state index contributed by atoms with van der Waals surface area (Å²) in [4.78, 5) is 43.2. The number of benzene rings is 7. The van der Waals surface area contributed by atoms with E-state index in [1.807, 2.05) is 48.6 Å². The summed E-state index contributed by atoms with van der Waals surface area (Å²) in [7, 11) is 0. The van der Waals surface area contributed by atoms with Crippen molar-refractivity contribution in [2.75, 3.05) is 0 Å². The minimum Gasteiger partial charge on any atom is -0.289 e. The first-order valence-corrected chi connectivity index (χ1v) is 41.5. The van der Waals surface area contributed by atoms with E-state index in [9.17, 15) is 20.1 Å². The number of thiophene rings is 4. The quantitative estimate of drug-likeness (QED) is 0.0228. The molecule has 4 aliphatic carbocycles. The maximum Gasteiger partial charge on any atom is 0.270 e. The van der Waals surface area contributed by atoms with Gasteiger partial charge in [-0.15, -0.1) is 45.3 Å². The predicted molar refractivity (Wildman–Crippen MR) is 440 cm³/mol. The van der Waals surface area contributed by atoms with Crippen LogP contribution in [0.15, 0.2) is 185 Å². The third-order valence-electron chi connectivity index (χ3n) is 22.7. The number of hydrogen-bond donors (Lipinski definition) is 0. The van der Waals surface area contributed by atoms with E-state index in [2.05, 4.69) is 159 Å². The number of aromatic nitrogens is 2. The largest absolute Gasteiger partial charge is 0.289 e. The van der Waals surface area contributed by atoms with Gasteiger partial charge in [-0.25, -0.2) is 24.8 Å². The Balaban J connectivity index is 1.01. The highest BCUT2D eigenvalue weighted by molar-refractivity contribution is 7.30. The van der Waals surface area contributed by atoms with Gasteiger partial charge >= 0.3 is 0 Å². The molecule has 13 heteroatoms. The van der Waals surface area contributed by atoms with Crippen molar-refractivity contribution in [1.29, 1.82) is 10.5 Å². The summed E-state index contributed by atoms with van der Waals surface area (Å²) < 4.78 is 8.20. The smallest absolute Gasteiger partial charge is 0.270 e. The molecule has 0 saturated heterocycles. The molecule has 0 saturated carbocycles. The van der Waals surface area contributed by atoms with Gasteiger partial charge in [-0.05, 0) is 153 Å². The zero-order valence-electron chi connectivity index (χ0n) is 60.8. The van der Waals surface area contributed by atoms with Crippen LogP contribution in [0.1, 0.15) is 239 Å². The lowest BCUT2D eigenvalue weighted by Crippen LogP contribution is -2.29. The van der Waals surface area contributed by atoms with Crippen molar-refractivity contribution in [2.45, 2.75) is 167 Å². The van der Waals surface area contributed by atoms with Gasteiger partial charge in [0.25, 0.3) is 11.4 Å². The lowest BCUT2D eigenvalue weighted by atomic mass is 9.66. The zero-order chi connectivity index (χ0) is 73.5. The maximum atomic E-state index is 14.9. The standard InChI is InChI=1S/C94H80N6O3S4/c1-7-11-15-19-27-57-35-43-61(44-36-57)93(62-45-37-58(38-46-62)28-20-16-12-8-2)73-53-65(51-71-77(75(55-95)97-5)67-31-23-25-33-69(67)85(71)101)104-87(73)91-81(93)79-83-84(100-103-99-83)90-80(89(79)106-91)82-92(107-90)88-74(54-66(105-88)52-72-78(76(56-96)98-6)68-32-24-26-34-70(68)86(72)102)94(82,63-47-39-59(40-48-63)29-21-17-13-9-3)64-49-41-60(42-50-64)30-22-18-14-10-4/h23-26,31-54H,7-22,27-30H2,1-4H3/b71-51-,72-52-,77-75?,78-76+. The van der Waals surface area contributed by atoms with Crippen molar-refractivity contribution < 1.29 is 14.2 Å². The van der Waals surface area contributed by atoms with Gasteiger partial charge in [0.05, 0.1) is 60.3 Å². The maximum absolute atomic E-state index is 14.9. The molecule has 16 rings (SSSR count). The number of nitrogens with zero attached hydrogens (tertiary/aromatic N) is 6. The monoisotopic (exact) mass is 1470 g/mol. The third kappa shape index (κ3) is 11.8. The Morgan fingerprint density at radius 3 is 1.13 bits per heavy atom. The zero-order valence-corrected chi connectivity index (χ0v) is 64.1. The van der Waals surface area contributed by atoms with Crippen LogP contribution in [0.4, 0.5) is 0 Å². The van der Waals surface area contributed by atoms with Crippen LogP contribution in [0.2, 0.25) is 0 Å². The molecule has 5 aromatic heterocycles. The number of carbonyl (C=O) groups excluding carboxylic acids is 2. The molecule has 0 fully saturated rings. The molecule has 0 amide bonds. The Morgan fingerprint density at radius 1 is 0.430 bits per heavy atom. The molecule has 0 aliphatic heterocycles. The Hall–Kier alpha value is -10.5. The van der Waals surface area contributed by atoms with Crippen molar-refractivity contribution in [3.05, 3.63) is 302 Å². The summed E-state index contributed by atoms with van der Waals surface area (Å²) in [5, 5.41) is 33.3. The molecule has 12 aromatic rings. The van der Waals surface area contributed by atoms with Crippen molar-refractivity contribution in [3.63, 3.8) is 0 Å². The summed E-state index contributed by atoms with van der Waals surface area (Å²) in [6, 6.07) is 61.1. The normalized spacial score (nSPS) is 15.9. The number of ketones is 2. The number of aryl methyl sites for hydroxylation is 4. The van der Waals surface area contributed by atoms with E-state index in [0.29, 0.717) is 55.6 Å². The highest BCUT2D eigenvalue weighted by Gasteiger charge is 2.54. The van der Waals surface area contributed by atoms with Gasteiger partial charge in [0, 0.05) is 69.8 Å². The second-order valence-corrected chi connectivity index (χ2v) is 33.3. The van der Waals surface area contributed by atoms with Gasteiger partial charge in [-0.1, -0.05) is 250 Å². The first-order valence-electron chi connectivity index (χ1n) is 38.2. The summed E-state index contributed by atoms with van der Waals surface area (Å²) >= 11 is 6.79. The van der Waals surface area contributed by atoms with Crippen LogP contribution in [-0.2, 0) is 36.5 Å². The first-order chi connectivity index (χ1) is 52.6. The second-order valence-electron chi connectivity index (χ2n) is 29.1. The second kappa shape index (κ2) is 30.0. The molecule has 0 unspecified atom stereocenters. The number of carbonyl (C=O) groups is 2. The van der Waals surface area contributed by atoms with E-state index in [-0.39, 0.29) is 23.0 Å². The molecular weight excluding hydrogens is 1390 g/mol. The van der Waals surface area contributed by atoms with E-state index < -0.39 is 10.8 Å². The van der Waals surface area contributed by atoms with E-state index in [1.165, 1.54) is 47.9 Å². The number of nitriles is 2. The van der Waals surface area contributed by atoms with Crippen LogP contribution in [0.5, 0.6) is 0 Å². The molecule has 4 aliphatic rings. The highest BCUT2D eigenvalue weighted by atomic mass is 32.1. The van der Waals surface area contributed by atoms with E-state index in [1.54, 1.807) is 57.5 Å². The summed E-state index contributed by atoms with van der Waals surface area (Å²) in [5.41, 5.74) is 16.6. The van der Waals surface area contributed by atoms with Gasteiger partial charge in [-0.3, -0.25) is 9.59 Å². The van der Waals surface area contributed by atoms with E-state index in [0.717, 1.165) is 197 Å². The fourth-order valence-corrected chi connectivity index (χ4v) is 23.0. The molecule has 0 spiro atoms. The van der Waals surface area contributed by atoms with Crippen LogP contribution < -0.4 is 0 Å². The minimum absolute atomic E-state index is 0.120. The molecule has 5 heterocycles. The Kier molecular flexibility index (Phi) is 19.9. The average molecular weight is 1470 g/mol. The van der Waals surface area contributed by atoms with Gasteiger partial charge in [0.15, 0.2) is 17.1 Å². The van der Waals surface area contributed by atoms with Gasteiger partial charge in [-0.2, -0.15) is 0 Å². The first kappa shape index (κ1) is 70.8. The molecule has 107 heavy (non-hydrogen) atoms. The molecule has 0 atom stereocenters. The van der Waals surface area contributed by atoms with Crippen LogP contribution in [0.3, 0.4) is 0 Å². The SMILES string of the molecule is [C-]#[N+]C(C#N)=C1/C(=C/c2cc3c(s2)-c2sc4c(c2C3(c2ccc(CCCCCC)cc2)c2ccc(CCCCCC)cc2)c2nonc2c2sc3c(c24)C(c2ccc(CCCCCC)cc2)(c2ccc(CCCCCC)cc2)c2cc(/C=C4\C(=O)c5ccccc5\C4=C(\C#N)[N+]#[C-])sc2-3)C(=O)c2ccccc21.